The molecule has 0 aromatic heterocycles. The minimum Gasteiger partial charge on any atom is -0.354 e. The molecule has 4 heteroatoms. The van der Waals surface area contributed by atoms with E-state index in [-0.39, 0.29) is 5.91 Å². The van der Waals surface area contributed by atoms with Crippen LogP contribution in [0.15, 0.2) is 0 Å². The lowest BCUT2D eigenvalue weighted by Crippen LogP contribution is -2.42. The van der Waals surface area contributed by atoms with Gasteiger partial charge in [-0.2, -0.15) is 0 Å². The number of amides is 1. The highest BCUT2D eigenvalue weighted by Gasteiger charge is 2.11. The molecule has 0 aromatic carbocycles. The van der Waals surface area contributed by atoms with Crippen molar-refractivity contribution in [3.63, 3.8) is 0 Å². The Morgan fingerprint density at radius 1 is 1.50 bits per heavy atom. The lowest BCUT2D eigenvalue weighted by molar-refractivity contribution is -0.122. The van der Waals surface area contributed by atoms with E-state index in [1.54, 1.807) is 0 Å². The maximum atomic E-state index is 11.4. The second-order valence-corrected chi connectivity index (χ2v) is 3.70. The zero-order chi connectivity index (χ0) is 11.0. The second-order valence-electron chi connectivity index (χ2n) is 3.70. The molecule has 0 fully saturated rings. The Morgan fingerprint density at radius 2 is 2.14 bits per heavy atom. The van der Waals surface area contributed by atoms with Crippen molar-refractivity contribution in [1.29, 1.82) is 0 Å². The molecule has 1 amide bonds. The topological polar surface area (TPSA) is 58.4 Å². The lowest BCUT2D eigenvalue weighted by atomic mass is 10.3. The van der Waals surface area contributed by atoms with Gasteiger partial charge in [-0.05, 0) is 26.8 Å². The van der Waals surface area contributed by atoms with Gasteiger partial charge in [-0.1, -0.05) is 6.92 Å². The predicted molar refractivity (Wildman–Crippen MR) is 59.1 cm³/mol. The molecule has 0 aliphatic heterocycles. The average molecular weight is 201 g/mol. The van der Waals surface area contributed by atoms with Crippen LogP contribution in [-0.4, -0.2) is 43.0 Å². The van der Waals surface area contributed by atoms with Gasteiger partial charge < -0.3 is 11.1 Å². The Kier molecular flexibility index (Phi) is 7.42. The second kappa shape index (κ2) is 7.76. The summed E-state index contributed by atoms with van der Waals surface area (Å²) in [6.45, 7) is 8.84. The molecule has 0 saturated heterocycles. The fourth-order valence-electron chi connectivity index (χ4n) is 1.26. The summed E-state index contributed by atoms with van der Waals surface area (Å²) in [5.41, 5.74) is 5.30. The zero-order valence-electron chi connectivity index (χ0n) is 9.55. The molecule has 0 atom stereocenters. The van der Waals surface area contributed by atoms with E-state index in [0.717, 1.165) is 13.0 Å². The minimum absolute atomic E-state index is 0.0672. The van der Waals surface area contributed by atoms with Crippen molar-refractivity contribution in [2.75, 3.05) is 26.2 Å². The van der Waals surface area contributed by atoms with Crippen molar-refractivity contribution < 1.29 is 4.79 Å². The van der Waals surface area contributed by atoms with Crippen molar-refractivity contribution in [2.45, 2.75) is 33.2 Å². The largest absolute Gasteiger partial charge is 0.354 e. The number of hydrogen-bond acceptors (Lipinski definition) is 3. The predicted octanol–water partition coefficient (Wildman–Crippen LogP) is 0.182. The molecular formula is C10H23N3O. The van der Waals surface area contributed by atoms with Crippen LogP contribution in [0.2, 0.25) is 0 Å². The number of hydrogen-bond donors (Lipinski definition) is 2. The van der Waals surface area contributed by atoms with E-state index in [9.17, 15) is 4.79 Å². The molecule has 0 spiro atoms. The van der Waals surface area contributed by atoms with Crippen molar-refractivity contribution in [1.82, 2.24) is 10.2 Å². The zero-order valence-corrected chi connectivity index (χ0v) is 9.55. The highest BCUT2D eigenvalue weighted by atomic mass is 16.2. The third kappa shape index (κ3) is 5.94. The van der Waals surface area contributed by atoms with Crippen LogP contribution >= 0.6 is 0 Å². The van der Waals surface area contributed by atoms with Crippen LogP contribution in [0.4, 0.5) is 0 Å². The molecule has 0 aromatic rings. The molecule has 4 nitrogen and oxygen atoms in total. The summed E-state index contributed by atoms with van der Waals surface area (Å²) in [6, 6.07) is 0.415. The first-order valence-corrected chi connectivity index (χ1v) is 5.32. The third-order valence-electron chi connectivity index (χ3n) is 2.05. The van der Waals surface area contributed by atoms with E-state index in [1.165, 1.54) is 0 Å². The molecule has 0 bridgehead atoms. The summed E-state index contributed by atoms with van der Waals surface area (Å²) in [5.74, 6) is 0.0672. The number of rotatable bonds is 7. The molecule has 14 heavy (non-hydrogen) atoms. The molecule has 84 valence electrons. The molecule has 0 saturated carbocycles. The van der Waals surface area contributed by atoms with Gasteiger partial charge >= 0.3 is 0 Å². The van der Waals surface area contributed by atoms with Gasteiger partial charge in [-0.15, -0.1) is 0 Å². The third-order valence-corrected chi connectivity index (χ3v) is 2.05. The van der Waals surface area contributed by atoms with Crippen LogP contribution in [-0.2, 0) is 4.79 Å². The highest BCUT2D eigenvalue weighted by molar-refractivity contribution is 5.78. The fourth-order valence-corrected chi connectivity index (χ4v) is 1.26. The summed E-state index contributed by atoms with van der Waals surface area (Å²) in [6.07, 6.45) is 1.07. The standard InChI is InChI=1S/C10H23N3O/c1-4-7-13(9(2)3)8-10(14)12-6-5-11/h9H,4-8,11H2,1-3H3,(H,12,14). The van der Waals surface area contributed by atoms with E-state index in [0.29, 0.717) is 25.7 Å². The molecule has 0 radical (unpaired) electrons. The first kappa shape index (κ1) is 13.4. The van der Waals surface area contributed by atoms with Crippen molar-refractivity contribution in [3.8, 4) is 0 Å². The van der Waals surface area contributed by atoms with E-state index in [1.807, 2.05) is 0 Å². The molecular weight excluding hydrogens is 178 g/mol. The summed E-state index contributed by atoms with van der Waals surface area (Å²) in [7, 11) is 0. The summed E-state index contributed by atoms with van der Waals surface area (Å²) >= 11 is 0. The Morgan fingerprint density at radius 3 is 2.57 bits per heavy atom. The summed E-state index contributed by atoms with van der Waals surface area (Å²) < 4.78 is 0. The van der Waals surface area contributed by atoms with Crippen molar-refractivity contribution in [3.05, 3.63) is 0 Å². The van der Waals surface area contributed by atoms with Gasteiger partial charge in [-0.3, -0.25) is 9.69 Å². The van der Waals surface area contributed by atoms with Crippen LogP contribution in [0, 0.1) is 0 Å². The number of nitrogens with one attached hydrogen (secondary N) is 1. The maximum absolute atomic E-state index is 11.4. The van der Waals surface area contributed by atoms with Crippen LogP contribution in [0.25, 0.3) is 0 Å². The number of nitrogens with two attached hydrogens (primary N) is 1. The van der Waals surface area contributed by atoms with Gasteiger partial charge in [-0.25, -0.2) is 0 Å². The molecule has 0 unspecified atom stereocenters. The Hall–Kier alpha value is -0.610. The minimum atomic E-state index is 0.0672. The quantitative estimate of drug-likeness (QED) is 0.618. The van der Waals surface area contributed by atoms with Gasteiger partial charge in [0, 0.05) is 19.1 Å². The fraction of sp³-hybridized carbons (Fsp3) is 0.900. The van der Waals surface area contributed by atoms with Crippen molar-refractivity contribution in [2.24, 2.45) is 5.73 Å². The van der Waals surface area contributed by atoms with Gasteiger partial charge in [0.2, 0.25) is 5.91 Å². The molecule has 0 aliphatic carbocycles. The monoisotopic (exact) mass is 201 g/mol. The summed E-state index contributed by atoms with van der Waals surface area (Å²) in [5, 5.41) is 2.77. The number of carbonyl (C=O) groups is 1. The first-order chi connectivity index (χ1) is 6.61. The van der Waals surface area contributed by atoms with Gasteiger partial charge in [0.25, 0.3) is 0 Å². The van der Waals surface area contributed by atoms with E-state index < -0.39 is 0 Å². The number of nitrogens with zero attached hydrogens (tertiary/aromatic N) is 1. The Labute approximate surface area is 86.8 Å². The van der Waals surface area contributed by atoms with Crippen LogP contribution in [0.1, 0.15) is 27.2 Å². The molecule has 0 rings (SSSR count). The van der Waals surface area contributed by atoms with E-state index in [2.05, 4.69) is 31.0 Å². The maximum Gasteiger partial charge on any atom is 0.234 e. The smallest absolute Gasteiger partial charge is 0.234 e. The van der Waals surface area contributed by atoms with Gasteiger partial charge in [0.15, 0.2) is 0 Å². The van der Waals surface area contributed by atoms with Gasteiger partial charge in [0.1, 0.15) is 0 Å². The Balaban J connectivity index is 3.83. The molecule has 0 aliphatic rings. The normalized spacial score (nSPS) is 11.0. The lowest BCUT2D eigenvalue weighted by Gasteiger charge is -2.25. The van der Waals surface area contributed by atoms with Gasteiger partial charge in [0.05, 0.1) is 6.54 Å². The molecule has 3 N–H and O–H groups in total. The SMILES string of the molecule is CCCN(CC(=O)NCCN)C(C)C. The highest BCUT2D eigenvalue weighted by Crippen LogP contribution is 1.98. The first-order valence-electron chi connectivity index (χ1n) is 5.32. The van der Waals surface area contributed by atoms with Crippen LogP contribution in [0.5, 0.6) is 0 Å². The molecule has 0 heterocycles. The summed E-state index contributed by atoms with van der Waals surface area (Å²) in [4.78, 5) is 13.5. The number of carbonyl (C=O) groups excluding carboxylic acids is 1. The van der Waals surface area contributed by atoms with E-state index >= 15 is 0 Å². The van der Waals surface area contributed by atoms with Crippen LogP contribution in [0.3, 0.4) is 0 Å². The Bertz CT molecular complexity index is 159. The van der Waals surface area contributed by atoms with Crippen molar-refractivity contribution >= 4 is 5.91 Å². The average Bonchev–Trinajstić information content (AvgIpc) is 2.14. The van der Waals surface area contributed by atoms with E-state index in [4.69, 9.17) is 5.73 Å². The van der Waals surface area contributed by atoms with Crippen LogP contribution < -0.4 is 11.1 Å².